The highest BCUT2D eigenvalue weighted by Crippen LogP contribution is 2.25. The molecule has 2 heterocycles. The fourth-order valence-corrected chi connectivity index (χ4v) is 5.59. The Bertz CT molecular complexity index is 846. The number of nitrogens with zero attached hydrogens (tertiary/aromatic N) is 3. The number of guanidine groups is 1. The number of pyridine rings is 1. The lowest BCUT2D eigenvalue weighted by atomic mass is 10.3. The molecule has 0 unspecified atom stereocenters. The van der Waals surface area contributed by atoms with Crippen LogP contribution in [-0.2, 0) is 23.0 Å². The quantitative estimate of drug-likeness (QED) is 0.453. The van der Waals surface area contributed by atoms with Gasteiger partial charge in [0.05, 0.1) is 12.2 Å². The van der Waals surface area contributed by atoms with Gasteiger partial charge in [-0.15, -0.1) is 11.3 Å². The van der Waals surface area contributed by atoms with E-state index in [0.717, 1.165) is 29.5 Å². The van der Waals surface area contributed by atoms with Gasteiger partial charge in [0, 0.05) is 37.3 Å². The smallest absolute Gasteiger partial charge is 0.252 e. The topological polar surface area (TPSA) is 86.7 Å². The Labute approximate surface area is 172 Å². The number of sulfonamides is 1. The molecule has 0 aliphatic heterocycles. The van der Waals surface area contributed by atoms with E-state index in [1.165, 1.54) is 15.6 Å². The highest BCUT2D eigenvalue weighted by Gasteiger charge is 2.23. The van der Waals surface area contributed by atoms with Gasteiger partial charge in [-0.25, -0.2) is 13.4 Å². The SMILES string of the molecule is CCNC(=NCc1ccccn1)NCCc1ccc(S(=O)(=O)N(CC)CC)s1. The van der Waals surface area contributed by atoms with Crippen LogP contribution in [0, 0.1) is 0 Å². The molecule has 0 spiro atoms. The molecular formula is C19H29N5O2S2. The maximum Gasteiger partial charge on any atom is 0.252 e. The highest BCUT2D eigenvalue weighted by atomic mass is 32.2. The standard InChI is InChI=1S/C19H29N5O2S2/c1-4-20-19(23-15-16-9-7-8-13-21-16)22-14-12-17-10-11-18(27-17)28(25,26)24(5-2)6-3/h7-11,13H,4-6,12,14-15H2,1-3H3,(H2,20,22,23). The fraction of sp³-hybridized carbons (Fsp3) is 0.474. The van der Waals surface area contributed by atoms with Crippen molar-refractivity contribution in [3.05, 3.63) is 47.1 Å². The van der Waals surface area contributed by atoms with Gasteiger partial charge >= 0.3 is 0 Å². The first-order valence-corrected chi connectivity index (χ1v) is 11.8. The van der Waals surface area contributed by atoms with E-state index >= 15 is 0 Å². The first kappa shape index (κ1) is 22.3. The molecule has 0 saturated carbocycles. The first-order valence-electron chi connectivity index (χ1n) is 9.52. The number of thiophene rings is 1. The van der Waals surface area contributed by atoms with Crippen molar-refractivity contribution in [1.29, 1.82) is 0 Å². The zero-order valence-corrected chi connectivity index (χ0v) is 18.3. The Morgan fingerprint density at radius 2 is 1.93 bits per heavy atom. The molecule has 0 aromatic carbocycles. The Morgan fingerprint density at radius 1 is 1.14 bits per heavy atom. The average molecular weight is 424 g/mol. The van der Waals surface area contributed by atoms with E-state index in [1.807, 2.05) is 45.0 Å². The fourth-order valence-electron chi connectivity index (χ4n) is 2.62. The third-order valence-electron chi connectivity index (χ3n) is 4.07. The minimum Gasteiger partial charge on any atom is -0.357 e. The number of aliphatic imine (C=N–C) groups is 1. The molecule has 2 N–H and O–H groups in total. The molecule has 2 rings (SSSR count). The Morgan fingerprint density at radius 3 is 2.57 bits per heavy atom. The summed E-state index contributed by atoms with van der Waals surface area (Å²) in [5, 5.41) is 6.50. The monoisotopic (exact) mass is 423 g/mol. The molecule has 0 fully saturated rings. The zero-order valence-electron chi connectivity index (χ0n) is 16.7. The lowest BCUT2D eigenvalue weighted by Gasteiger charge is -2.16. The highest BCUT2D eigenvalue weighted by molar-refractivity contribution is 7.91. The molecule has 0 atom stereocenters. The van der Waals surface area contributed by atoms with Crippen LogP contribution in [0.5, 0.6) is 0 Å². The number of rotatable bonds is 10. The maximum atomic E-state index is 12.6. The van der Waals surface area contributed by atoms with E-state index < -0.39 is 10.0 Å². The molecule has 9 heteroatoms. The minimum absolute atomic E-state index is 0.405. The van der Waals surface area contributed by atoms with E-state index in [1.54, 1.807) is 12.3 Å². The van der Waals surface area contributed by atoms with Crippen molar-refractivity contribution in [3.8, 4) is 0 Å². The molecular weight excluding hydrogens is 394 g/mol. The Hall–Kier alpha value is -1.97. The van der Waals surface area contributed by atoms with Gasteiger partial charge in [0.15, 0.2) is 5.96 Å². The summed E-state index contributed by atoms with van der Waals surface area (Å²) in [6, 6.07) is 9.36. The molecule has 0 bridgehead atoms. The summed E-state index contributed by atoms with van der Waals surface area (Å²) < 4.78 is 27.0. The van der Waals surface area contributed by atoms with Gasteiger partial charge in [0.2, 0.25) is 0 Å². The summed E-state index contributed by atoms with van der Waals surface area (Å²) >= 11 is 1.33. The van der Waals surface area contributed by atoms with Crippen molar-refractivity contribution in [3.63, 3.8) is 0 Å². The third kappa shape index (κ3) is 6.29. The van der Waals surface area contributed by atoms with Crippen molar-refractivity contribution in [1.82, 2.24) is 19.9 Å². The van der Waals surface area contributed by atoms with Crippen LogP contribution in [0.2, 0.25) is 0 Å². The summed E-state index contributed by atoms with van der Waals surface area (Å²) in [6.45, 7) is 8.61. The van der Waals surface area contributed by atoms with Gasteiger partial charge in [0.25, 0.3) is 10.0 Å². The second-order valence-electron chi connectivity index (χ2n) is 6.00. The molecule has 28 heavy (non-hydrogen) atoms. The summed E-state index contributed by atoms with van der Waals surface area (Å²) in [6.07, 6.45) is 2.48. The minimum atomic E-state index is -3.38. The lowest BCUT2D eigenvalue weighted by molar-refractivity contribution is 0.447. The number of hydrogen-bond donors (Lipinski definition) is 2. The lowest BCUT2D eigenvalue weighted by Crippen LogP contribution is -2.38. The predicted molar refractivity (Wildman–Crippen MR) is 115 cm³/mol. The summed E-state index contributed by atoms with van der Waals surface area (Å²) in [5.74, 6) is 0.723. The average Bonchev–Trinajstić information content (AvgIpc) is 3.17. The number of aromatic nitrogens is 1. The molecule has 0 amide bonds. The predicted octanol–water partition coefficient (Wildman–Crippen LogP) is 2.47. The van der Waals surface area contributed by atoms with E-state index in [0.29, 0.717) is 30.4 Å². The van der Waals surface area contributed by atoms with Crippen molar-refractivity contribution in [2.45, 2.75) is 37.9 Å². The molecule has 2 aromatic rings. The van der Waals surface area contributed by atoms with Gasteiger partial charge in [0.1, 0.15) is 4.21 Å². The van der Waals surface area contributed by atoms with Crippen molar-refractivity contribution in [2.24, 2.45) is 4.99 Å². The van der Waals surface area contributed by atoms with Gasteiger partial charge < -0.3 is 10.6 Å². The van der Waals surface area contributed by atoms with Gasteiger partial charge in [-0.05, 0) is 37.6 Å². The molecule has 154 valence electrons. The van der Waals surface area contributed by atoms with Crippen LogP contribution >= 0.6 is 11.3 Å². The van der Waals surface area contributed by atoms with Crippen LogP contribution in [0.25, 0.3) is 0 Å². The van der Waals surface area contributed by atoms with Crippen LogP contribution in [0.3, 0.4) is 0 Å². The molecule has 0 radical (unpaired) electrons. The van der Waals surface area contributed by atoms with Crippen molar-refractivity contribution < 1.29 is 8.42 Å². The van der Waals surface area contributed by atoms with E-state index in [9.17, 15) is 8.42 Å². The van der Waals surface area contributed by atoms with Crippen LogP contribution in [0.15, 0.2) is 45.7 Å². The zero-order chi connectivity index (χ0) is 20.4. The maximum absolute atomic E-state index is 12.6. The first-order chi connectivity index (χ1) is 13.5. The van der Waals surface area contributed by atoms with Crippen molar-refractivity contribution in [2.75, 3.05) is 26.2 Å². The number of nitrogens with one attached hydrogen (secondary N) is 2. The molecule has 0 aliphatic rings. The summed E-state index contributed by atoms with van der Waals surface area (Å²) in [7, 11) is -3.38. The number of hydrogen-bond acceptors (Lipinski definition) is 5. The third-order valence-corrected chi connectivity index (χ3v) is 7.73. The van der Waals surface area contributed by atoms with Crippen molar-refractivity contribution >= 4 is 27.3 Å². The van der Waals surface area contributed by atoms with Gasteiger partial charge in [-0.1, -0.05) is 19.9 Å². The molecule has 0 saturated heterocycles. The van der Waals surface area contributed by atoms with Gasteiger partial charge in [-0.3, -0.25) is 4.98 Å². The van der Waals surface area contributed by atoms with E-state index in [-0.39, 0.29) is 0 Å². The Kier molecular flexibility index (Phi) is 8.88. The summed E-state index contributed by atoms with van der Waals surface area (Å²) in [5.41, 5.74) is 0.907. The largest absolute Gasteiger partial charge is 0.357 e. The van der Waals surface area contributed by atoms with Crippen LogP contribution in [0.1, 0.15) is 31.3 Å². The molecule has 2 aromatic heterocycles. The normalized spacial score (nSPS) is 12.4. The second kappa shape index (κ2) is 11.1. The summed E-state index contributed by atoms with van der Waals surface area (Å²) in [4.78, 5) is 9.83. The van der Waals surface area contributed by atoms with Crippen LogP contribution in [-0.4, -0.2) is 49.8 Å². The van der Waals surface area contributed by atoms with Crippen LogP contribution in [0.4, 0.5) is 0 Å². The Balaban J connectivity index is 1.93. The van der Waals surface area contributed by atoms with Gasteiger partial charge in [-0.2, -0.15) is 4.31 Å². The van der Waals surface area contributed by atoms with E-state index in [2.05, 4.69) is 20.6 Å². The second-order valence-corrected chi connectivity index (χ2v) is 9.34. The van der Waals surface area contributed by atoms with E-state index in [4.69, 9.17) is 0 Å². The van der Waals surface area contributed by atoms with Crippen LogP contribution < -0.4 is 10.6 Å². The molecule has 0 aliphatic carbocycles. The molecule has 7 nitrogen and oxygen atoms in total.